The van der Waals surface area contributed by atoms with Gasteiger partial charge in [0.05, 0.1) is 6.42 Å². The van der Waals surface area contributed by atoms with Gasteiger partial charge < -0.3 is 10.4 Å². The Bertz CT molecular complexity index is 688. The van der Waals surface area contributed by atoms with Gasteiger partial charge in [0.2, 0.25) is 0 Å². The Hall–Kier alpha value is -2.14. The van der Waals surface area contributed by atoms with E-state index in [0.29, 0.717) is 6.42 Å². The number of pyridine rings is 1. The van der Waals surface area contributed by atoms with Crippen LogP contribution in [-0.4, -0.2) is 28.0 Å². The normalized spacial score (nSPS) is 12.1. The lowest BCUT2D eigenvalue weighted by molar-refractivity contribution is -0.137. The first kappa shape index (κ1) is 15.3. The van der Waals surface area contributed by atoms with Gasteiger partial charge in [-0.05, 0) is 17.9 Å². The summed E-state index contributed by atoms with van der Waals surface area (Å²) in [7, 11) is 0. The predicted molar refractivity (Wildman–Crippen MR) is 80.6 cm³/mol. The molecule has 0 bridgehead atoms. The van der Waals surface area contributed by atoms with Crippen LogP contribution in [0, 0.1) is 0 Å². The third kappa shape index (κ3) is 3.70. The minimum absolute atomic E-state index is 0.121. The number of benzene rings is 1. The van der Waals surface area contributed by atoms with Gasteiger partial charge in [-0.25, -0.2) is 4.98 Å². The summed E-state index contributed by atoms with van der Waals surface area (Å²) in [5, 5.41) is 13.3. The summed E-state index contributed by atoms with van der Waals surface area (Å²) in [6.07, 6.45) is 0.406. The van der Waals surface area contributed by atoms with Crippen LogP contribution in [0.4, 0.5) is 0 Å². The molecule has 0 saturated carbocycles. The van der Waals surface area contributed by atoms with Gasteiger partial charge in [0, 0.05) is 11.4 Å². The van der Waals surface area contributed by atoms with E-state index in [2.05, 4.69) is 10.3 Å². The highest BCUT2D eigenvalue weighted by Crippen LogP contribution is 2.22. The molecular weight excluding hydrogens is 292 g/mol. The second-order valence-corrected chi connectivity index (χ2v) is 5.05. The van der Waals surface area contributed by atoms with E-state index in [1.165, 1.54) is 0 Å². The first-order valence-electron chi connectivity index (χ1n) is 6.59. The van der Waals surface area contributed by atoms with E-state index in [4.69, 9.17) is 16.7 Å². The molecule has 2 N–H and O–H groups in total. The minimum atomic E-state index is -0.952. The Morgan fingerprint density at radius 2 is 2.10 bits per heavy atom. The van der Waals surface area contributed by atoms with Gasteiger partial charge in [-0.15, -0.1) is 0 Å². The van der Waals surface area contributed by atoms with Gasteiger partial charge in [-0.1, -0.05) is 42.8 Å². The third-order valence-corrected chi connectivity index (χ3v) is 3.46. The molecule has 0 aliphatic carbocycles. The van der Waals surface area contributed by atoms with Crippen LogP contribution in [0.5, 0.6) is 0 Å². The molecular formula is C15H15ClN2O3. The molecule has 0 spiro atoms. The SMILES string of the molecule is CCC(CC(=O)O)NC(=O)c1cc2ccccc2c(Cl)n1. The molecule has 1 aromatic heterocycles. The van der Waals surface area contributed by atoms with Crippen LogP contribution in [0.1, 0.15) is 30.3 Å². The van der Waals surface area contributed by atoms with Gasteiger partial charge in [0.25, 0.3) is 5.91 Å². The number of hydrogen-bond donors (Lipinski definition) is 2. The number of halogens is 1. The zero-order valence-corrected chi connectivity index (χ0v) is 12.2. The number of hydrogen-bond acceptors (Lipinski definition) is 3. The molecule has 1 unspecified atom stereocenters. The van der Waals surface area contributed by atoms with Crippen molar-refractivity contribution in [3.05, 3.63) is 41.2 Å². The van der Waals surface area contributed by atoms with Crippen LogP contribution in [-0.2, 0) is 4.79 Å². The molecule has 0 aliphatic rings. The number of aliphatic carboxylic acids is 1. The highest BCUT2D eigenvalue weighted by molar-refractivity contribution is 6.34. The van der Waals surface area contributed by atoms with E-state index in [1.807, 2.05) is 31.2 Å². The van der Waals surface area contributed by atoms with Crippen LogP contribution >= 0.6 is 11.6 Å². The molecule has 110 valence electrons. The minimum Gasteiger partial charge on any atom is -0.481 e. The lowest BCUT2D eigenvalue weighted by Crippen LogP contribution is -2.36. The van der Waals surface area contributed by atoms with Crippen molar-refractivity contribution in [3.8, 4) is 0 Å². The number of amides is 1. The maximum Gasteiger partial charge on any atom is 0.305 e. The molecule has 6 heteroatoms. The molecule has 0 aliphatic heterocycles. The Labute approximate surface area is 126 Å². The van der Waals surface area contributed by atoms with E-state index in [-0.39, 0.29) is 17.3 Å². The van der Waals surface area contributed by atoms with Gasteiger partial charge in [-0.3, -0.25) is 9.59 Å². The van der Waals surface area contributed by atoms with Crippen molar-refractivity contribution < 1.29 is 14.7 Å². The number of aromatic nitrogens is 1. The Morgan fingerprint density at radius 1 is 1.38 bits per heavy atom. The molecule has 21 heavy (non-hydrogen) atoms. The zero-order chi connectivity index (χ0) is 15.4. The fraction of sp³-hybridized carbons (Fsp3) is 0.267. The van der Waals surface area contributed by atoms with Gasteiger partial charge in [0.15, 0.2) is 0 Å². The first-order valence-corrected chi connectivity index (χ1v) is 6.97. The van der Waals surface area contributed by atoms with Crippen molar-refractivity contribution in [1.82, 2.24) is 10.3 Å². The topological polar surface area (TPSA) is 79.3 Å². The second kappa shape index (κ2) is 6.54. The molecule has 2 aromatic rings. The molecule has 0 radical (unpaired) electrons. The van der Waals surface area contributed by atoms with E-state index in [1.54, 1.807) is 6.07 Å². The summed E-state index contributed by atoms with van der Waals surface area (Å²) >= 11 is 6.08. The highest BCUT2D eigenvalue weighted by atomic mass is 35.5. The number of rotatable bonds is 5. The van der Waals surface area contributed by atoms with Crippen LogP contribution in [0.25, 0.3) is 10.8 Å². The maximum atomic E-state index is 12.2. The van der Waals surface area contributed by atoms with Crippen molar-refractivity contribution in [2.75, 3.05) is 0 Å². The Balaban J connectivity index is 2.25. The van der Waals surface area contributed by atoms with Crippen molar-refractivity contribution in [2.45, 2.75) is 25.8 Å². The maximum absolute atomic E-state index is 12.2. The fourth-order valence-corrected chi connectivity index (χ4v) is 2.30. The molecule has 0 fully saturated rings. The van der Waals surface area contributed by atoms with E-state index in [9.17, 15) is 9.59 Å². The van der Waals surface area contributed by atoms with Crippen molar-refractivity contribution in [2.24, 2.45) is 0 Å². The smallest absolute Gasteiger partial charge is 0.305 e. The van der Waals surface area contributed by atoms with Gasteiger partial charge >= 0.3 is 5.97 Å². The molecule has 0 saturated heterocycles. The Morgan fingerprint density at radius 3 is 2.76 bits per heavy atom. The number of nitrogens with one attached hydrogen (secondary N) is 1. The molecule has 5 nitrogen and oxygen atoms in total. The average Bonchev–Trinajstić information content (AvgIpc) is 2.46. The van der Waals surface area contributed by atoms with Crippen molar-refractivity contribution in [3.63, 3.8) is 0 Å². The van der Waals surface area contributed by atoms with Gasteiger partial charge in [0.1, 0.15) is 10.8 Å². The molecule has 2 rings (SSSR count). The summed E-state index contributed by atoms with van der Waals surface area (Å²) in [6, 6.07) is 8.57. The largest absolute Gasteiger partial charge is 0.481 e. The molecule has 1 aromatic carbocycles. The first-order chi connectivity index (χ1) is 10.0. The summed E-state index contributed by atoms with van der Waals surface area (Å²) in [5.41, 5.74) is 0.183. The standard InChI is InChI=1S/C15H15ClN2O3/c1-2-10(8-13(19)20)17-15(21)12-7-9-5-3-4-6-11(9)14(16)18-12/h3-7,10H,2,8H2,1H3,(H,17,21)(H,19,20). The van der Waals surface area contributed by atoms with E-state index in [0.717, 1.165) is 10.8 Å². The highest BCUT2D eigenvalue weighted by Gasteiger charge is 2.17. The quantitative estimate of drug-likeness (QED) is 0.832. The number of nitrogens with zero attached hydrogens (tertiary/aromatic N) is 1. The summed E-state index contributed by atoms with van der Waals surface area (Å²) < 4.78 is 0. The fourth-order valence-electron chi connectivity index (χ4n) is 2.04. The molecule has 1 heterocycles. The van der Waals surface area contributed by atoms with Crippen LogP contribution < -0.4 is 5.32 Å². The van der Waals surface area contributed by atoms with E-state index >= 15 is 0 Å². The molecule has 1 atom stereocenters. The van der Waals surface area contributed by atoms with Crippen LogP contribution in [0.2, 0.25) is 5.15 Å². The lowest BCUT2D eigenvalue weighted by Gasteiger charge is -2.14. The summed E-state index contributed by atoms with van der Waals surface area (Å²) in [5.74, 6) is -1.37. The number of fused-ring (bicyclic) bond motifs is 1. The zero-order valence-electron chi connectivity index (χ0n) is 11.5. The number of carbonyl (C=O) groups excluding carboxylic acids is 1. The lowest BCUT2D eigenvalue weighted by atomic mass is 10.1. The Kier molecular flexibility index (Phi) is 4.75. The number of carboxylic acid groups (broad SMARTS) is 1. The third-order valence-electron chi connectivity index (χ3n) is 3.18. The molecule has 1 amide bonds. The van der Waals surface area contributed by atoms with Crippen LogP contribution in [0.3, 0.4) is 0 Å². The predicted octanol–water partition coefficient (Wildman–Crippen LogP) is 2.87. The number of carbonyl (C=O) groups is 2. The van der Waals surface area contributed by atoms with Crippen LogP contribution in [0.15, 0.2) is 30.3 Å². The average molecular weight is 307 g/mol. The van der Waals surface area contributed by atoms with Crippen molar-refractivity contribution >= 4 is 34.2 Å². The summed E-state index contributed by atoms with van der Waals surface area (Å²) in [4.78, 5) is 27.0. The van der Waals surface area contributed by atoms with E-state index < -0.39 is 17.9 Å². The monoisotopic (exact) mass is 306 g/mol. The second-order valence-electron chi connectivity index (χ2n) is 4.70. The number of carboxylic acids is 1. The summed E-state index contributed by atoms with van der Waals surface area (Å²) in [6.45, 7) is 1.81. The van der Waals surface area contributed by atoms with Crippen molar-refractivity contribution in [1.29, 1.82) is 0 Å². The van der Waals surface area contributed by atoms with Gasteiger partial charge in [-0.2, -0.15) is 0 Å².